The van der Waals surface area contributed by atoms with Crippen molar-refractivity contribution in [1.82, 2.24) is 4.98 Å². The van der Waals surface area contributed by atoms with Crippen LogP contribution in [0.4, 0.5) is 17.2 Å². The molecule has 1 fully saturated rings. The molecule has 0 bridgehead atoms. The Morgan fingerprint density at radius 3 is 2.41 bits per heavy atom. The third kappa shape index (κ3) is 6.79. The average Bonchev–Trinajstić information content (AvgIpc) is 2.92. The van der Waals surface area contributed by atoms with Crippen LogP contribution in [-0.2, 0) is 16.1 Å². The number of pyridine rings is 1. The van der Waals surface area contributed by atoms with Gasteiger partial charge in [0.2, 0.25) is 0 Å². The van der Waals surface area contributed by atoms with Gasteiger partial charge in [0.1, 0.15) is 23.8 Å². The lowest BCUT2D eigenvalue weighted by Gasteiger charge is -2.31. The number of benzene rings is 1. The first kappa shape index (κ1) is 25.8. The van der Waals surface area contributed by atoms with Gasteiger partial charge in [-0.3, -0.25) is 4.79 Å². The minimum Gasteiger partial charge on any atom is -0.486 e. The summed E-state index contributed by atoms with van der Waals surface area (Å²) in [5, 5.41) is 0. The fraction of sp³-hybridized carbons (Fsp3) is 0.520. The average molecular weight is 460 g/mol. The van der Waals surface area contributed by atoms with E-state index < -0.39 is 0 Å². The molecule has 32 heavy (non-hydrogen) atoms. The van der Waals surface area contributed by atoms with E-state index in [0.717, 1.165) is 30.3 Å². The van der Waals surface area contributed by atoms with Gasteiger partial charge in [-0.15, -0.1) is 0 Å². The first-order valence-electron chi connectivity index (χ1n) is 11.2. The van der Waals surface area contributed by atoms with Crippen molar-refractivity contribution in [2.45, 2.75) is 53.8 Å². The molecule has 0 radical (unpaired) electrons. The Morgan fingerprint density at radius 1 is 1.12 bits per heavy atom. The van der Waals surface area contributed by atoms with Crippen molar-refractivity contribution >= 4 is 35.4 Å². The van der Waals surface area contributed by atoms with Crippen LogP contribution in [0.1, 0.15) is 45.7 Å². The van der Waals surface area contributed by atoms with Crippen molar-refractivity contribution in [3.63, 3.8) is 0 Å². The van der Waals surface area contributed by atoms with Gasteiger partial charge in [0, 0.05) is 43.5 Å². The molecule has 2 aliphatic rings. The summed E-state index contributed by atoms with van der Waals surface area (Å²) in [6.07, 6.45) is 1.92. The summed E-state index contributed by atoms with van der Waals surface area (Å²) < 4.78 is 10.7. The Morgan fingerprint density at radius 2 is 1.81 bits per heavy atom. The molecule has 0 amide bonds. The first-order valence-corrected chi connectivity index (χ1v) is 12.3. The number of fused-ring (bicyclic) bond motifs is 2. The van der Waals surface area contributed by atoms with Crippen molar-refractivity contribution in [3.8, 4) is 5.75 Å². The van der Waals surface area contributed by atoms with E-state index in [4.69, 9.17) is 4.74 Å². The number of hydrogen-bond donors (Lipinski definition) is 0. The number of ether oxygens (including phenoxy) is 2. The number of nitrogens with zero attached hydrogens (tertiary/aromatic N) is 3. The maximum absolute atomic E-state index is 9.60. The van der Waals surface area contributed by atoms with E-state index in [0.29, 0.717) is 13.1 Å². The van der Waals surface area contributed by atoms with Gasteiger partial charge < -0.3 is 19.3 Å². The number of carbonyl (C=O) groups is 1. The molecular weight excluding hydrogens is 422 g/mol. The molecule has 2 aliphatic heterocycles. The number of thioether (sulfide) groups is 1. The highest BCUT2D eigenvalue weighted by Crippen LogP contribution is 2.40. The smallest absolute Gasteiger partial charge is 0.293 e. The summed E-state index contributed by atoms with van der Waals surface area (Å²) in [4.78, 5) is 18.9. The molecule has 7 heteroatoms. The van der Waals surface area contributed by atoms with Crippen molar-refractivity contribution in [1.29, 1.82) is 0 Å². The van der Waals surface area contributed by atoms with Gasteiger partial charge in [-0.25, -0.2) is 4.98 Å². The van der Waals surface area contributed by atoms with E-state index in [2.05, 4.69) is 57.8 Å². The number of anilines is 3. The maximum atomic E-state index is 9.60. The molecule has 1 saturated heterocycles. The number of aromatic nitrogens is 1. The molecule has 1 aromatic carbocycles. The predicted molar refractivity (Wildman–Crippen MR) is 136 cm³/mol. The molecule has 1 aromatic heterocycles. The summed E-state index contributed by atoms with van der Waals surface area (Å²) in [5.74, 6) is 4.31. The molecule has 176 valence electrons. The molecule has 0 N–H and O–H groups in total. The summed E-state index contributed by atoms with van der Waals surface area (Å²) >= 11 is 2.03. The summed E-state index contributed by atoms with van der Waals surface area (Å²) in [7, 11) is 2.08. The van der Waals surface area contributed by atoms with E-state index in [1.165, 1.54) is 28.3 Å². The van der Waals surface area contributed by atoms with Gasteiger partial charge in [0.15, 0.2) is 0 Å². The lowest BCUT2D eigenvalue weighted by atomic mass is 10.1. The van der Waals surface area contributed by atoms with Crippen LogP contribution < -0.4 is 14.5 Å². The molecule has 6 nitrogen and oxygen atoms in total. The van der Waals surface area contributed by atoms with Gasteiger partial charge in [0.05, 0.1) is 11.3 Å². The van der Waals surface area contributed by atoms with E-state index >= 15 is 0 Å². The second kappa shape index (κ2) is 12.0. The maximum Gasteiger partial charge on any atom is 0.293 e. The van der Waals surface area contributed by atoms with Crippen LogP contribution >= 0.6 is 11.8 Å². The zero-order valence-electron chi connectivity index (χ0n) is 20.5. The highest BCUT2D eigenvalue weighted by atomic mass is 32.2. The lowest BCUT2D eigenvalue weighted by Crippen LogP contribution is -2.33. The minimum absolute atomic E-state index is 0.318. The van der Waals surface area contributed by atoms with Crippen molar-refractivity contribution in [3.05, 3.63) is 41.6 Å². The largest absolute Gasteiger partial charge is 0.486 e. The topological polar surface area (TPSA) is 54.9 Å². The van der Waals surface area contributed by atoms with E-state index in [9.17, 15) is 4.79 Å². The van der Waals surface area contributed by atoms with Crippen molar-refractivity contribution in [2.75, 3.05) is 41.4 Å². The third-order valence-electron chi connectivity index (χ3n) is 4.93. The Labute approximate surface area is 197 Å². The third-order valence-corrected chi connectivity index (χ3v) is 5.87. The quantitative estimate of drug-likeness (QED) is 0.543. The molecular formula is C25H37N3O3S. The fourth-order valence-corrected chi connectivity index (χ4v) is 4.32. The summed E-state index contributed by atoms with van der Waals surface area (Å²) in [5.41, 5.74) is 4.46. The van der Waals surface area contributed by atoms with Gasteiger partial charge in [-0.05, 0) is 51.5 Å². The molecule has 3 heterocycles. The summed E-state index contributed by atoms with van der Waals surface area (Å²) in [6, 6.07) is 8.45. The van der Waals surface area contributed by atoms with E-state index in [1.807, 2.05) is 52.6 Å². The van der Waals surface area contributed by atoms with Crippen LogP contribution in [0.25, 0.3) is 0 Å². The second-order valence-corrected chi connectivity index (χ2v) is 9.60. The molecule has 0 spiro atoms. The Kier molecular flexibility index (Phi) is 9.69. The molecule has 0 aliphatic carbocycles. The number of hydrogen-bond acceptors (Lipinski definition) is 7. The minimum atomic E-state index is -0.318. The Hall–Kier alpha value is -2.41. The van der Waals surface area contributed by atoms with Crippen LogP contribution in [0.2, 0.25) is 0 Å². The van der Waals surface area contributed by atoms with Crippen LogP contribution in [0.3, 0.4) is 0 Å². The van der Waals surface area contributed by atoms with Crippen LogP contribution in [-0.4, -0.2) is 48.7 Å². The predicted octanol–water partition coefficient (Wildman–Crippen LogP) is 5.59. The molecule has 0 saturated carbocycles. The van der Waals surface area contributed by atoms with Crippen LogP contribution in [0.15, 0.2) is 30.5 Å². The van der Waals surface area contributed by atoms with Gasteiger partial charge in [-0.1, -0.05) is 19.9 Å². The monoisotopic (exact) mass is 459 g/mol. The SMILES string of the molecule is CC.CC(C)(C)OC=O.Cc1ccc2c(c1)N(C)c1nccc(N3CCSCC3)c1CO2. The number of aryl methyl sites for hydroxylation is 1. The second-order valence-electron chi connectivity index (χ2n) is 8.38. The molecule has 2 aromatic rings. The Bertz CT molecular complexity index is 877. The number of carbonyl (C=O) groups excluding carboxylic acids is 1. The summed E-state index contributed by atoms with van der Waals surface area (Å²) in [6.45, 7) is 14.8. The molecule has 0 atom stereocenters. The highest BCUT2D eigenvalue weighted by Gasteiger charge is 2.25. The molecule has 4 rings (SSSR count). The lowest BCUT2D eigenvalue weighted by molar-refractivity contribution is -0.138. The van der Waals surface area contributed by atoms with Gasteiger partial charge >= 0.3 is 0 Å². The van der Waals surface area contributed by atoms with Gasteiger partial charge in [-0.2, -0.15) is 11.8 Å². The van der Waals surface area contributed by atoms with E-state index in [1.54, 1.807) is 0 Å². The van der Waals surface area contributed by atoms with Gasteiger partial charge in [0.25, 0.3) is 6.47 Å². The fourth-order valence-electron chi connectivity index (χ4n) is 3.42. The van der Waals surface area contributed by atoms with Crippen molar-refractivity contribution in [2.24, 2.45) is 0 Å². The van der Waals surface area contributed by atoms with Crippen molar-refractivity contribution < 1.29 is 14.3 Å². The first-order chi connectivity index (χ1) is 15.3. The number of rotatable bonds is 2. The normalized spacial score (nSPS) is 14.8. The zero-order valence-corrected chi connectivity index (χ0v) is 21.3. The highest BCUT2D eigenvalue weighted by molar-refractivity contribution is 7.99. The standard InChI is InChI=1S/C18H21N3OS.C5H10O2.C2H6/c1-13-3-4-17-16(11-13)20(2)18-14(12-22-17)15(5-6-19-18)21-7-9-23-10-8-21;1-5(2,3)7-4-6;1-2/h3-6,11H,7-10,12H2,1-2H3;4H,1-3H3;1-2H3. The van der Waals surface area contributed by atoms with Crippen LogP contribution in [0, 0.1) is 6.92 Å². The Balaban J connectivity index is 0.000000348. The molecule has 0 unspecified atom stereocenters. The van der Waals surface area contributed by atoms with E-state index in [-0.39, 0.29) is 5.60 Å². The van der Waals surface area contributed by atoms with Crippen LogP contribution in [0.5, 0.6) is 5.75 Å². The zero-order chi connectivity index (χ0) is 23.7.